The van der Waals surface area contributed by atoms with Crippen molar-refractivity contribution in [3.63, 3.8) is 0 Å². The van der Waals surface area contributed by atoms with Crippen molar-refractivity contribution in [2.45, 2.75) is 19.9 Å². The number of nitrogens with zero attached hydrogens (tertiary/aromatic N) is 2. The summed E-state index contributed by atoms with van der Waals surface area (Å²) < 4.78 is 0. The van der Waals surface area contributed by atoms with Crippen molar-refractivity contribution in [3.8, 4) is 0 Å². The fraction of sp³-hybridized carbons (Fsp3) is 0.375. The minimum atomic E-state index is -0.357. The number of likely N-dealkylation sites (N-methyl/N-ethyl adjacent to an activating group) is 1. The molecule has 0 heterocycles. The van der Waals surface area contributed by atoms with Crippen LogP contribution in [0.5, 0.6) is 0 Å². The second kappa shape index (κ2) is 11.2. The monoisotopic (exact) mass is 391 g/mol. The molecule has 1 aromatic rings. The van der Waals surface area contributed by atoms with Crippen LogP contribution in [0, 0.1) is 11.3 Å². The Kier molecular flexibility index (Phi) is 10.5. The van der Waals surface area contributed by atoms with Crippen LogP contribution in [-0.4, -0.2) is 49.2 Å². The molecule has 0 saturated heterocycles. The predicted molar refractivity (Wildman–Crippen MR) is 85.0 cm³/mol. The maximum Gasteiger partial charge on any atom is 0.263 e. The number of oxime groups is 1. The summed E-state index contributed by atoms with van der Waals surface area (Å²) in [5.41, 5.74) is 1.61. The SMILES string of the molecule is CC([C-]=O)C(C)N(C)C(=O)CO/N=C/c1ccc(C=N)cc1.[Y]. The average Bonchev–Trinajstić information content (AvgIpc) is 2.56. The van der Waals surface area contributed by atoms with Gasteiger partial charge in [0.05, 0.1) is 6.21 Å². The van der Waals surface area contributed by atoms with Gasteiger partial charge >= 0.3 is 0 Å². The molecule has 0 saturated carbocycles. The van der Waals surface area contributed by atoms with Gasteiger partial charge in [0.25, 0.3) is 5.91 Å². The molecule has 0 aliphatic rings. The summed E-state index contributed by atoms with van der Waals surface area (Å²) in [6, 6.07) is 6.92. The van der Waals surface area contributed by atoms with Gasteiger partial charge in [-0.05, 0) is 18.1 Å². The van der Waals surface area contributed by atoms with Gasteiger partial charge in [-0.2, -0.15) is 0 Å². The molecule has 2 atom stereocenters. The maximum absolute atomic E-state index is 11.9. The van der Waals surface area contributed by atoms with E-state index in [-0.39, 0.29) is 57.2 Å². The van der Waals surface area contributed by atoms with E-state index in [1.807, 2.05) is 6.29 Å². The number of nitrogens with one attached hydrogen (secondary N) is 1. The van der Waals surface area contributed by atoms with Crippen LogP contribution < -0.4 is 0 Å². The normalized spacial score (nSPS) is 12.8. The molecule has 6 nitrogen and oxygen atoms in total. The van der Waals surface area contributed by atoms with E-state index >= 15 is 0 Å². The molecule has 0 bridgehead atoms. The summed E-state index contributed by atoms with van der Waals surface area (Å²) in [7, 11) is 1.62. The number of hydrogen-bond donors (Lipinski definition) is 1. The van der Waals surface area contributed by atoms with E-state index in [0.717, 1.165) is 11.1 Å². The number of carbonyl (C=O) groups is 1. The van der Waals surface area contributed by atoms with Gasteiger partial charge in [0.15, 0.2) is 6.61 Å². The summed E-state index contributed by atoms with van der Waals surface area (Å²) >= 11 is 0. The van der Waals surface area contributed by atoms with Gasteiger partial charge in [-0.15, -0.1) is 5.92 Å². The van der Waals surface area contributed by atoms with Gasteiger partial charge < -0.3 is 19.9 Å². The van der Waals surface area contributed by atoms with Crippen LogP contribution in [0.15, 0.2) is 29.4 Å². The Bertz CT molecular complexity index is 546. The van der Waals surface area contributed by atoms with E-state index in [9.17, 15) is 9.59 Å². The van der Waals surface area contributed by atoms with Gasteiger partial charge in [-0.25, -0.2) is 0 Å². The molecule has 2 unspecified atom stereocenters. The Morgan fingerprint density at radius 2 is 1.91 bits per heavy atom. The number of amides is 1. The Morgan fingerprint density at radius 3 is 2.43 bits per heavy atom. The molecule has 7 heteroatoms. The first-order chi connectivity index (χ1) is 10.5. The van der Waals surface area contributed by atoms with Crippen LogP contribution in [0.25, 0.3) is 0 Å². The topological polar surface area (TPSA) is 82.8 Å². The summed E-state index contributed by atoms with van der Waals surface area (Å²) in [6.45, 7) is 3.29. The van der Waals surface area contributed by atoms with Crippen molar-refractivity contribution in [2.24, 2.45) is 11.1 Å². The number of carbonyl (C=O) groups excluding carboxylic acids is 2. The molecule has 1 amide bonds. The van der Waals surface area contributed by atoms with Gasteiger partial charge in [0.2, 0.25) is 0 Å². The molecule has 1 N–H and O–H groups in total. The van der Waals surface area contributed by atoms with Crippen LogP contribution in [0.1, 0.15) is 25.0 Å². The van der Waals surface area contributed by atoms with Crippen LogP contribution in [0.2, 0.25) is 0 Å². The summed E-state index contributed by atoms with van der Waals surface area (Å²) in [6.07, 6.45) is 4.62. The third-order valence-corrected chi connectivity index (χ3v) is 3.48. The van der Waals surface area contributed by atoms with Crippen molar-refractivity contribution in [1.29, 1.82) is 5.41 Å². The largest absolute Gasteiger partial charge is 0.541 e. The van der Waals surface area contributed by atoms with Gasteiger partial charge in [-0.3, -0.25) is 11.1 Å². The third kappa shape index (κ3) is 7.14. The molecule has 121 valence electrons. The van der Waals surface area contributed by atoms with Crippen molar-refractivity contribution < 1.29 is 47.1 Å². The standard InChI is InChI=1S/C16H20N3O3.Y/c1-12(10-20)13(2)19(3)16(21)11-22-18-9-15-6-4-14(8-17)5-7-15;/h4-9,12-13,17H,11H2,1-3H3;/q-1;/b17-8?,18-9+;. The van der Waals surface area contributed by atoms with Crippen molar-refractivity contribution in [1.82, 2.24) is 4.90 Å². The van der Waals surface area contributed by atoms with E-state index in [2.05, 4.69) is 5.16 Å². The van der Waals surface area contributed by atoms with E-state index in [4.69, 9.17) is 10.2 Å². The zero-order valence-corrected chi connectivity index (χ0v) is 16.4. The Hall–Kier alpha value is -1.40. The number of hydrogen-bond acceptors (Lipinski definition) is 5. The number of rotatable bonds is 8. The maximum atomic E-state index is 11.9. The summed E-state index contributed by atoms with van der Waals surface area (Å²) in [4.78, 5) is 28.9. The summed E-state index contributed by atoms with van der Waals surface area (Å²) in [5.74, 6) is -0.615. The molecule has 23 heavy (non-hydrogen) atoms. The zero-order chi connectivity index (χ0) is 16.5. The van der Waals surface area contributed by atoms with E-state index in [1.54, 1.807) is 45.2 Å². The molecular weight excluding hydrogens is 371 g/mol. The van der Waals surface area contributed by atoms with Crippen LogP contribution >= 0.6 is 0 Å². The molecule has 0 fully saturated rings. The van der Waals surface area contributed by atoms with Crippen LogP contribution in [0.4, 0.5) is 0 Å². The molecule has 0 spiro atoms. The van der Waals surface area contributed by atoms with Crippen molar-refractivity contribution in [3.05, 3.63) is 35.4 Å². The Balaban J connectivity index is 0.00000484. The van der Waals surface area contributed by atoms with E-state index in [0.29, 0.717) is 0 Å². The first-order valence-electron chi connectivity index (χ1n) is 6.88. The van der Waals surface area contributed by atoms with Gasteiger partial charge in [0.1, 0.15) is 0 Å². The van der Waals surface area contributed by atoms with Crippen molar-refractivity contribution >= 4 is 24.6 Å². The molecule has 1 radical (unpaired) electrons. The predicted octanol–water partition coefficient (Wildman–Crippen LogP) is 1.62. The molecule has 0 aliphatic carbocycles. The van der Waals surface area contributed by atoms with E-state index < -0.39 is 0 Å². The third-order valence-electron chi connectivity index (χ3n) is 3.48. The Labute approximate surface area is 161 Å². The molecular formula is C16H20N3O3Y-. The molecule has 1 rings (SSSR count). The second-order valence-electron chi connectivity index (χ2n) is 4.97. The van der Waals surface area contributed by atoms with Crippen molar-refractivity contribution in [2.75, 3.05) is 13.7 Å². The second-order valence-corrected chi connectivity index (χ2v) is 4.97. The van der Waals surface area contributed by atoms with Crippen LogP contribution in [0.3, 0.4) is 0 Å². The fourth-order valence-corrected chi connectivity index (χ4v) is 1.63. The van der Waals surface area contributed by atoms with Gasteiger partial charge in [0, 0.05) is 52.0 Å². The first kappa shape index (κ1) is 21.6. The molecule has 0 aromatic heterocycles. The number of benzene rings is 1. The summed E-state index contributed by atoms with van der Waals surface area (Å²) in [5, 5.41) is 10.8. The smallest absolute Gasteiger partial charge is 0.263 e. The van der Waals surface area contributed by atoms with E-state index in [1.165, 1.54) is 17.3 Å². The minimum absolute atomic E-state index is 0. The van der Waals surface area contributed by atoms with Gasteiger partial charge in [-0.1, -0.05) is 36.3 Å². The zero-order valence-electron chi connectivity index (χ0n) is 13.5. The Morgan fingerprint density at radius 1 is 1.35 bits per heavy atom. The molecule has 1 aromatic carbocycles. The molecule has 0 aliphatic heterocycles. The first-order valence-corrected chi connectivity index (χ1v) is 6.88. The fourth-order valence-electron chi connectivity index (χ4n) is 1.63. The quantitative estimate of drug-likeness (QED) is 0.415. The minimum Gasteiger partial charge on any atom is -0.541 e. The average molecular weight is 391 g/mol. The van der Waals surface area contributed by atoms with Crippen LogP contribution in [-0.2, 0) is 47.1 Å².